The average Bonchev–Trinajstić information content (AvgIpc) is 2.61. The van der Waals surface area contributed by atoms with Crippen LogP contribution in [0, 0.1) is 0 Å². The van der Waals surface area contributed by atoms with Crippen molar-refractivity contribution in [2.45, 2.75) is 19.9 Å². The smallest absolute Gasteiger partial charge is 0.126 e. The Bertz CT molecular complexity index is 738. The van der Waals surface area contributed by atoms with E-state index in [4.69, 9.17) is 9.47 Å². The fourth-order valence-electron chi connectivity index (χ4n) is 2.71. The van der Waals surface area contributed by atoms with E-state index in [1.807, 2.05) is 30.3 Å². The molecule has 0 aromatic heterocycles. The minimum atomic E-state index is 0. The molecule has 2 aromatic carbocycles. The van der Waals surface area contributed by atoms with Gasteiger partial charge >= 0.3 is 0 Å². The summed E-state index contributed by atoms with van der Waals surface area (Å²) in [5.74, 6) is 1.78. The Morgan fingerprint density at radius 2 is 1.46 bits per heavy atom. The van der Waals surface area contributed by atoms with Crippen molar-refractivity contribution in [3.63, 3.8) is 0 Å². The Morgan fingerprint density at radius 1 is 0.923 bits per heavy atom. The number of quaternary nitrogens is 1. The van der Waals surface area contributed by atoms with Gasteiger partial charge in [0, 0.05) is 16.7 Å². The fraction of sp³-hybridized carbons (Fsp3) is 0.364. The molecule has 0 aliphatic heterocycles. The predicted molar refractivity (Wildman–Crippen MR) is 106 cm³/mol. The van der Waals surface area contributed by atoms with E-state index >= 15 is 0 Å². The van der Waals surface area contributed by atoms with Crippen LogP contribution in [-0.2, 0) is 0 Å². The molecule has 0 atom stereocenters. The number of rotatable bonds is 7. The Kier molecular flexibility index (Phi) is 8.38. The molecule has 4 heteroatoms. The first-order valence-electron chi connectivity index (χ1n) is 8.68. The minimum absolute atomic E-state index is 0. The second-order valence-corrected chi connectivity index (χ2v) is 7.14. The highest BCUT2D eigenvalue weighted by atomic mass is 79.9. The van der Waals surface area contributed by atoms with Gasteiger partial charge in [0.1, 0.15) is 18.0 Å². The monoisotopic (exact) mass is 419 g/mol. The van der Waals surface area contributed by atoms with Gasteiger partial charge in [-0.15, -0.1) is 0 Å². The van der Waals surface area contributed by atoms with Crippen molar-refractivity contribution < 1.29 is 30.9 Å². The normalized spacial score (nSPS) is 11.9. The summed E-state index contributed by atoms with van der Waals surface area (Å²) in [5, 5.41) is 0. The average molecular weight is 420 g/mol. The van der Waals surface area contributed by atoms with Crippen LogP contribution in [0.15, 0.2) is 48.5 Å². The van der Waals surface area contributed by atoms with Crippen LogP contribution in [0.4, 0.5) is 0 Å². The van der Waals surface area contributed by atoms with E-state index in [-0.39, 0.29) is 17.0 Å². The summed E-state index contributed by atoms with van der Waals surface area (Å²) in [6.45, 7) is 5.40. The van der Waals surface area contributed by atoms with Gasteiger partial charge < -0.3 is 30.9 Å². The van der Waals surface area contributed by atoms with Crippen LogP contribution in [-0.4, -0.2) is 45.4 Å². The molecule has 2 aromatic rings. The van der Waals surface area contributed by atoms with Crippen LogP contribution < -0.4 is 26.5 Å². The molecule has 0 saturated carbocycles. The highest BCUT2D eigenvalue weighted by Gasteiger charge is 2.24. The van der Waals surface area contributed by atoms with Gasteiger partial charge in [0.25, 0.3) is 0 Å². The largest absolute Gasteiger partial charge is 1.00 e. The first-order valence-corrected chi connectivity index (χ1v) is 8.68. The van der Waals surface area contributed by atoms with E-state index in [1.54, 1.807) is 14.2 Å². The van der Waals surface area contributed by atoms with Gasteiger partial charge in [0.15, 0.2) is 0 Å². The van der Waals surface area contributed by atoms with Gasteiger partial charge in [-0.3, -0.25) is 0 Å². The third-order valence-corrected chi connectivity index (χ3v) is 4.90. The second-order valence-electron chi connectivity index (χ2n) is 7.14. The van der Waals surface area contributed by atoms with Gasteiger partial charge in [-0.05, 0) is 32.1 Å². The van der Waals surface area contributed by atoms with Crippen LogP contribution in [0.5, 0.6) is 11.5 Å². The first-order chi connectivity index (χ1) is 11.9. The van der Waals surface area contributed by atoms with Crippen LogP contribution in [0.3, 0.4) is 0 Å². The molecule has 0 unspecified atom stereocenters. The lowest BCUT2D eigenvalue weighted by molar-refractivity contribution is -0.903. The summed E-state index contributed by atoms with van der Waals surface area (Å²) in [7, 11) is 7.96. The van der Waals surface area contributed by atoms with Crippen LogP contribution in [0.25, 0.3) is 11.6 Å². The fourth-order valence-corrected chi connectivity index (χ4v) is 2.71. The molecule has 0 fully saturated rings. The molecule has 0 N–H and O–H groups in total. The van der Waals surface area contributed by atoms with Crippen LogP contribution in [0.2, 0.25) is 0 Å². The summed E-state index contributed by atoms with van der Waals surface area (Å²) < 4.78 is 12.0. The summed E-state index contributed by atoms with van der Waals surface area (Å²) in [5.41, 5.74) is 3.44. The van der Waals surface area contributed by atoms with Crippen molar-refractivity contribution >= 4 is 11.6 Å². The number of benzene rings is 2. The Morgan fingerprint density at radius 3 is 2.04 bits per heavy atom. The van der Waals surface area contributed by atoms with E-state index in [2.05, 4.69) is 52.2 Å². The number of halogens is 1. The number of ether oxygens (including phenoxy) is 2. The zero-order valence-electron chi connectivity index (χ0n) is 16.6. The maximum atomic E-state index is 5.62. The topological polar surface area (TPSA) is 18.5 Å². The Hall–Kier alpha value is -1.78. The lowest BCUT2D eigenvalue weighted by Gasteiger charge is -2.35. The maximum Gasteiger partial charge on any atom is 0.126 e. The minimum Gasteiger partial charge on any atom is -1.00 e. The molecule has 0 bridgehead atoms. The zero-order valence-corrected chi connectivity index (χ0v) is 18.2. The predicted octanol–water partition coefficient (Wildman–Crippen LogP) is 1.73. The summed E-state index contributed by atoms with van der Waals surface area (Å²) in [6, 6.07) is 16.8. The second kappa shape index (κ2) is 9.79. The van der Waals surface area contributed by atoms with E-state index < -0.39 is 0 Å². The summed E-state index contributed by atoms with van der Waals surface area (Å²) >= 11 is 0. The van der Waals surface area contributed by atoms with Crippen molar-refractivity contribution in [2.75, 3.05) is 34.9 Å². The molecular formula is C22H30BrNO2. The molecule has 0 heterocycles. The number of nitrogens with zero attached hydrogens (tertiary/aromatic N) is 1. The number of hydrogen-bond donors (Lipinski definition) is 0. The third-order valence-electron chi connectivity index (χ3n) is 4.90. The van der Waals surface area contributed by atoms with E-state index in [1.165, 1.54) is 5.57 Å². The molecule has 0 spiro atoms. The standard InChI is InChI=1S/C22H30NO2.BrH/c1-17(2)23(3,4)16-19(20-12-8-10-14-22(20)25-6)15-18-11-7-9-13-21(18)24-5;/h7-15,17H,16H2,1-6H3;1H/q+1;/p-1/b19-15+;. The molecule has 2 rings (SSSR count). The zero-order chi connectivity index (χ0) is 18.4. The molecule has 0 aliphatic rings. The molecule has 0 saturated heterocycles. The Balaban J connectivity index is 0.00000338. The summed E-state index contributed by atoms with van der Waals surface area (Å²) in [4.78, 5) is 0. The van der Waals surface area contributed by atoms with E-state index in [9.17, 15) is 0 Å². The number of likely N-dealkylation sites (N-methyl/N-ethyl adjacent to an activating group) is 1. The molecule has 142 valence electrons. The van der Waals surface area contributed by atoms with Gasteiger partial charge in [0.05, 0.1) is 34.4 Å². The maximum absolute atomic E-state index is 5.62. The van der Waals surface area contributed by atoms with Crippen LogP contribution >= 0.6 is 0 Å². The number of hydrogen-bond acceptors (Lipinski definition) is 2. The van der Waals surface area contributed by atoms with Gasteiger partial charge in [-0.1, -0.05) is 36.4 Å². The molecular weight excluding hydrogens is 390 g/mol. The lowest BCUT2D eigenvalue weighted by Crippen LogP contribution is -3.00. The third kappa shape index (κ3) is 5.36. The van der Waals surface area contributed by atoms with Gasteiger partial charge in [-0.2, -0.15) is 0 Å². The number of methoxy groups -OCH3 is 2. The van der Waals surface area contributed by atoms with Crippen molar-refractivity contribution in [2.24, 2.45) is 0 Å². The van der Waals surface area contributed by atoms with E-state index in [0.717, 1.165) is 33.7 Å². The lowest BCUT2D eigenvalue weighted by atomic mass is 9.99. The molecule has 0 amide bonds. The van der Waals surface area contributed by atoms with E-state index in [0.29, 0.717) is 6.04 Å². The van der Waals surface area contributed by atoms with Gasteiger partial charge in [-0.25, -0.2) is 0 Å². The molecule has 26 heavy (non-hydrogen) atoms. The molecule has 3 nitrogen and oxygen atoms in total. The first kappa shape index (κ1) is 22.3. The highest BCUT2D eigenvalue weighted by molar-refractivity contribution is 5.85. The van der Waals surface area contributed by atoms with Crippen molar-refractivity contribution in [1.29, 1.82) is 0 Å². The van der Waals surface area contributed by atoms with Crippen molar-refractivity contribution in [3.8, 4) is 11.5 Å². The Labute approximate surface area is 168 Å². The molecule has 0 aliphatic carbocycles. The van der Waals surface area contributed by atoms with Crippen molar-refractivity contribution in [3.05, 3.63) is 59.7 Å². The highest BCUT2D eigenvalue weighted by Crippen LogP contribution is 2.31. The summed E-state index contributed by atoms with van der Waals surface area (Å²) in [6.07, 6.45) is 2.22. The molecule has 0 radical (unpaired) electrons. The number of para-hydroxylation sites is 2. The van der Waals surface area contributed by atoms with Crippen molar-refractivity contribution in [1.82, 2.24) is 0 Å². The quantitative estimate of drug-likeness (QED) is 0.502. The SMILES string of the molecule is COc1ccccc1/C=C(\C[N+](C)(C)C(C)C)c1ccccc1OC.[Br-]. The van der Waals surface area contributed by atoms with Gasteiger partial charge in [0.2, 0.25) is 0 Å². The van der Waals surface area contributed by atoms with Crippen LogP contribution in [0.1, 0.15) is 25.0 Å².